The Kier molecular flexibility index (Phi) is 5.78. The molecule has 2 aliphatic rings. The van der Waals surface area contributed by atoms with Crippen LogP contribution in [0, 0.1) is 0 Å². The van der Waals surface area contributed by atoms with Crippen LogP contribution in [0.4, 0.5) is 0 Å². The summed E-state index contributed by atoms with van der Waals surface area (Å²) in [6.45, 7) is 2.24. The Morgan fingerprint density at radius 2 is 1.17 bits per heavy atom. The summed E-state index contributed by atoms with van der Waals surface area (Å²) in [5.74, 6) is 0.00166. The molecule has 8 nitrogen and oxygen atoms in total. The van der Waals surface area contributed by atoms with Gasteiger partial charge in [-0.15, -0.1) is 0 Å². The molecule has 0 fully saturated rings. The highest BCUT2D eigenvalue weighted by Gasteiger charge is 2.32. The summed E-state index contributed by atoms with van der Waals surface area (Å²) in [6.07, 6.45) is 1.35. The summed E-state index contributed by atoms with van der Waals surface area (Å²) in [5, 5.41) is 8.46. The fourth-order valence-electron chi connectivity index (χ4n) is 5.86. The second-order valence-electron chi connectivity index (χ2n) is 10.1. The number of hydrogen-bond donors (Lipinski definition) is 4. The molecule has 0 spiro atoms. The fourth-order valence-corrected chi connectivity index (χ4v) is 5.86. The van der Waals surface area contributed by atoms with Gasteiger partial charge in [-0.2, -0.15) is 0 Å². The number of amides is 2. The smallest absolute Gasteiger partial charge is 0.237 e. The van der Waals surface area contributed by atoms with Crippen molar-refractivity contribution in [2.75, 3.05) is 27.2 Å². The zero-order valence-electron chi connectivity index (χ0n) is 20.7. The lowest BCUT2D eigenvalue weighted by Crippen LogP contribution is -2.51. The number of hydrogen-bond acceptors (Lipinski definition) is 4. The summed E-state index contributed by atoms with van der Waals surface area (Å²) in [5.41, 5.74) is 7.07. The summed E-state index contributed by atoms with van der Waals surface area (Å²) < 4.78 is 0. The van der Waals surface area contributed by atoms with Crippen LogP contribution in [0.3, 0.4) is 0 Å². The largest absolute Gasteiger partial charge is 0.357 e. The number of aromatic amines is 2. The maximum atomic E-state index is 13.0. The van der Waals surface area contributed by atoms with Crippen LogP contribution < -0.4 is 10.6 Å². The van der Waals surface area contributed by atoms with Gasteiger partial charge in [-0.25, -0.2) is 0 Å². The Morgan fingerprint density at radius 1 is 0.750 bits per heavy atom. The first-order valence-corrected chi connectivity index (χ1v) is 12.6. The fraction of sp³-hybridized carbons (Fsp3) is 0.357. The maximum absolute atomic E-state index is 13.0. The van der Waals surface area contributed by atoms with Gasteiger partial charge < -0.3 is 20.6 Å². The minimum absolute atomic E-state index is 0.000832. The van der Waals surface area contributed by atoms with E-state index in [1.165, 1.54) is 33.3 Å². The van der Waals surface area contributed by atoms with E-state index in [1.54, 1.807) is 0 Å². The normalized spacial score (nSPS) is 20.3. The number of likely N-dealkylation sites (N-methyl/N-ethyl adjacent to an activating group) is 2. The molecule has 6 rings (SSSR count). The molecule has 0 aliphatic carbocycles. The number of nitrogens with zero attached hydrogens (tertiary/aromatic N) is 2. The Labute approximate surface area is 210 Å². The minimum Gasteiger partial charge on any atom is -0.357 e. The molecular weight excluding hydrogens is 452 g/mol. The van der Waals surface area contributed by atoms with Crippen LogP contribution in [0.5, 0.6) is 0 Å². The maximum Gasteiger partial charge on any atom is 0.237 e. The number of H-pyrrole nitrogens is 2. The first-order chi connectivity index (χ1) is 17.5. The van der Waals surface area contributed by atoms with E-state index in [0.717, 1.165) is 11.0 Å². The summed E-state index contributed by atoms with van der Waals surface area (Å²) >= 11 is 0. The number of carbonyl (C=O) groups is 2. The molecule has 2 amide bonds. The van der Waals surface area contributed by atoms with Gasteiger partial charge in [0, 0.05) is 59.4 Å². The van der Waals surface area contributed by atoms with Gasteiger partial charge in [0.2, 0.25) is 11.8 Å². The van der Waals surface area contributed by atoms with Gasteiger partial charge in [-0.1, -0.05) is 36.4 Å². The molecule has 186 valence electrons. The van der Waals surface area contributed by atoms with E-state index in [0.29, 0.717) is 39.0 Å². The van der Waals surface area contributed by atoms with Crippen molar-refractivity contribution in [2.45, 2.75) is 38.0 Å². The summed E-state index contributed by atoms with van der Waals surface area (Å²) in [4.78, 5) is 37.2. The zero-order valence-corrected chi connectivity index (χ0v) is 20.7. The molecule has 4 aromatic rings. The molecule has 0 saturated heterocycles. The third-order valence-corrected chi connectivity index (χ3v) is 7.81. The van der Waals surface area contributed by atoms with Crippen LogP contribution in [-0.4, -0.2) is 70.9 Å². The van der Waals surface area contributed by atoms with Crippen molar-refractivity contribution < 1.29 is 9.59 Å². The summed E-state index contributed by atoms with van der Waals surface area (Å²) in [7, 11) is 3.97. The predicted molar refractivity (Wildman–Crippen MR) is 141 cm³/mol. The number of aromatic nitrogens is 2. The van der Waals surface area contributed by atoms with Crippen molar-refractivity contribution in [3.8, 4) is 0 Å². The molecule has 0 bridgehead atoms. The third kappa shape index (κ3) is 3.96. The second-order valence-corrected chi connectivity index (χ2v) is 10.1. The van der Waals surface area contributed by atoms with Crippen molar-refractivity contribution in [2.24, 2.45) is 0 Å². The number of carbonyl (C=O) groups excluding carboxylic acids is 2. The molecule has 2 aromatic heterocycles. The highest BCUT2D eigenvalue weighted by atomic mass is 16.2. The van der Waals surface area contributed by atoms with Crippen LogP contribution in [0.25, 0.3) is 21.8 Å². The second kappa shape index (κ2) is 9.11. The molecule has 4 N–H and O–H groups in total. The summed E-state index contributed by atoms with van der Waals surface area (Å²) in [6, 6.07) is 16.1. The highest BCUT2D eigenvalue weighted by molar-refractivity contribution is 5.89. The molecule has 0 saturated carbocycles. The number of fused-ring (bicyclic) bond motifs is 6. The topological polar surface area (TPSA) is 96.3 Å². The van der Waals surface area contributed by atoms with E-state index in [4.69, 9.17) is 0 Å². The lowest BCUT2D eigenvalue weighted by atomic mass is 9.96. The Balaban J connectivity index is 1.04. The van der Waals surface area contributed by atoms with Gasteiger partial charge in [0.1, 0.15) is 0 Å². The van der Waals surface area contributed by atoms with Crippen molar-refractivity contribution >= 4 is 33.6 Å². The lowest BCUT2D eigenvalue weighted by molar-refractivity contribution is -0.128. The van der Waals surface area contributed by atoms with E-state index in [2.05, 4.69) is 54.7 Å². The lowest BCUT2D eigenvalue weighted by Gasteiger charge is -2.32. The molecule has 8 heteroatoms. The van der Waals surface area contributed by atoms with Crippen LogP contribution in [-0.2, 0) is 35.5 Å². The first-order valence-electron chi connectivity index (χ1n) is 12.6. The number of rotatable bonds is 5. The highest BCUT2D eigenvalue weighted by Crippen LogP contribution is 2.30. The molecule has 2 atom stereocenters. The van der Waals surface area contributed by atoms with Gasteiger partial charge in [-0.05, 0) is 50.2 Å². The van der Waals surface area contributed by atoms with Crippen LogP contribution in [0.2, 0.25) is 0 Å². The van der Waals surface area contributed by atoms with Crippen LogP contribution in [0.1, 0.15) is 22.5 Å². The molecule has 2 aliphatic heterocycles. The van der Waals surface area contributed by atoms with E-state index < -0.39 is 0 Å². The van der Waals surface area contributed by atoms with Crippen LogP contribution in [0.15, 0.2) is 48.5 Å². The quantitative estimate of drug-likeness (QED) is 0.327. The van der Waals surface area contributed by atoms with Gasteiger partial charge in [-0.3, -0.25) is 19.4 Å². The monoisotopic (exact) mass is 484 g/mol. The van der Waals surface area contributed by atoms with Gasteiger partial charge in [0.05, 0.1) is 12.1 Å². The van der Waals surface area contributed by atoms with Crippen molar-refractivity contribution in [1.29, 1.82) is 0 Å². The Hall–Kier alpha value is -3.62. The number of nitrogens with one attached hydrogen (secondary N) is 4. The molecular formula is C28H32N6O2. The average molecular weight is 485 g/mol. The van der Waals surface area contributed by atoms with E-state index in [-0.39, 0.29) is 23.9 Å². The number of para-hydroxylation sites is 2. The van der Waals surface area contributed by atoms with Crippen LogP contribution >= 0.6 is 0 Å². The van der Waals surface area contributed by atoms with Crippen molar-refractivity contribution in [1.82, 2.24) is 30.4 Å². The minimum atomic E-state index is -0.225. The predicted octanol–water partition coefficient (Wildman–Crippen LogP) is 2.29. The molecule has 0 unspecified atom stereocenters. The molecule has 2 aromatic carbocycles. The van der Waals surface area contributed by atoms with Crippen molar-refractivity contribution in [3.63, 3.8) is 0 Å². The Morgan fingerprint density at radius 3 is 1.61 bits per heavy atom. The van der Waals surface area contributed by atoms with Gasteiger partial charge in [0.15, 0.2) is 0 Å². The van der Waals surface area contributed by atoms with E-state index >= 15 is 0 Å². The zero-order chi connectivity index (χ0) is 24.8. The average Bonchev–Trinajstić information content (AvgIpc) is 3.42. The number of benzene rings is 2. The first kappa shape index (κ1) is 22.8. The van der Waals surface area contributed by atoms with E-state index in [9.17, 15) is 9.59 Å². The van der Waals surface area contributed by atoms with Crippen molar-refractivity contribution in [3.05, 3.63) is 71.0 Å². The molecule has 36 heavy (non-hydrogen) atoms. The Bertz CT molecular complexity index is 1340. The van der Waals surface area contributed by atoms with E-state index in [1.807, 2.05) is 38.4 Å². The molecule has 0 radical (unpaired) electrons. The SMILES string of the molecule is CN1Cc2[nH]c3ccccc3c2C[C@H]1C(=O)NCCNC(=O)[C@@H]1Cc2c([nH]c3ccccc23)CN1C. The molecule has 4 heterocycles. The standard InChI is InChI=1S/C28H32N6O2/c1-33-15-23-19(17-7-3-5-9-21(17)31-23)13-25(33)27(35)29-11-12-30-28(36)26-14-20-18-8-4-6-10-22(18)32-24(20)16-34(26)2/h3-10,25-26,31-32H,11-16H2,1-2H3,(H,29,35)(H,30,36)/t25-,26-/m0/s1. The van der Waals surface area contributed by atoms with Gasteiger partial charge >= 0.3 is 0 Å². The third-order valence-electron chi connectivity index (χ3n) is 7.81. The van der Waals surface area contributed by atoms with Gasteiger partial charge in [0.25, 0.3) is 0 Å².